The van der Waals surface area contributed by atoms with Crippen molar-refractivity contribution in [2.75, 3.05) is 0 Å². The maximum Gasteiger partial charge on any atom is 0.306 e. The molecule has 0 saturated carbocycles. The van der Waals surface area contributed by atoms with Crippen LogP contribution in [0.15, 0.2) is 60.7 Å². The summed E-state index contributed by atoms with van der Waals surface area (Å²) in [5, 5.41) is 11.5. The summed E-state index contributed by atoms with van der Waals surface area (Å²) < 4.78 is 6.11. The number of hydrogen-bond donors (Lipinski definition) is 1. The molecular weight excluding hydrogens is 300 g/mol. The quantitative estimate of drug-likeness (QED) is 0.753. The second-order valence-electron chi connectivity index (χ2n) is 6.29. The van der Waals surface area contributed by atoms with Crippen LogP contribution >= 0.6 is 0 Å². The maximum absolute atomic E-state index is 11.3. The number of rotatable bonds is 3. The molecule has 1 aliphatic rings. The van der Waals surface area contributed by atoms with Gasteiger partial charge in [-0.2, -0.15) is 0 Å². The Morgan fingerprint density at radius 1 is 1.00 bits per heavy atom. The SMILES string of the molecule is O=C(O)C1CCc2ccc(Oc3cccc4ccccc34)cc2C1. The third kappa shape index (κ3) is 2.73. The summed E-state index contributed by atoms with van der Waals surface area (Å²) in [4.78, 5) is 11.3. The molecule has 24 heavy (non-hydrogen) atoms. The van der Waals surface area contributed by atoms with Gasteiger partial charge >= 0.3 is 5.97 Å². The Hall–Kier alpha value is -2.81. The zero-order valence-corrected chi connectivity index (χ0v) is 13.2. The van der Waals surface area contributed by atoms with Crippen molar-refractivity contribution in [3.8, 4) is 11.5 Å². The van der Waals surface area contributed by atoms with Crippen LogP contribution in [-0.2, 0) is 17.6 Å². The number of carbonyl (C=O) groups is 1. The van der Waals surface area contributed by atoms with Gasteiger partial charge in [-0.3, -0.25) is 4.79 Å². The molecule has 3 aromatic carbocycles. The van der Waals surface area contributed by atoms with E-state index >= 15 is 0 Å². The van der Waals surface area contributed by atoms with Crippen molar-refractivity contribution in [1.82, 2.24) is 0 Å². The molecule has 0 saturated heterocycles. The molecule has 0 radical (unpaired) electrons. The van der Waals surface area contributed by atoms with E-state index in [-0.39, 0.29) is 5.92 Å². The molecule has 0 heterocycles. The fourth-order valence-corrected chi connectivity index (χ4v) is 3.42. The minimum atomic E-state index is -0.707. The Kier molecular flexibility index (Phi) is 3.69. The van der Waals surface area contributed by atoms with Gasteiger partial charge in [-0.15, -0.1) is 0 Å². The summed E-state index contributed by atoms with van der Waals surface area (Å²) in [6, 6.07) is 20.2. The highest BCUT2D eigenvalue weighted by Crippen LogP contribution is 2.33. The first kappa shape index (κ1) is 14.8. The van der Waals surface area contributed by atoms with E-state index in [0.717, 1.165) is 34.3 Å². The second-order valence-corrected chi connectivity index (χ2v) is 6.29. The first-order chi connectivity index (χ1) is 11.7. The molecular formula is C21H18O3. The zero-order valence-electron chi connectivity index (χ0n) is 13.2. The average Bonchev–Trinajstić information content (AvgIpc) is 2.61. The Balaban J connectivity index is 1.66. The smallest absolute Gasteiger partial charge is 0.306 e. The van der Waals surface area contributed by atoms with Gasteiger partial charge in [0.1, 0.15) is 11.5 Å². The lowest BCUT2D eigenvalue weighted by Gasteiger charge is -2.22. The second kappa shape index (κ2) is 6.00. The minimum Gasteiger partial charge on any atom is -0.481 e. The molecule has 120 valence electrons. The number of ether oxygens (including phenoxy) is 1. The first-order valence-corrected chi connectivity index (χ1v) is 8.21. The Labute approximate surface area is 140 Å². The van der Waals surface area contributed by atoms with E-state index in [1.807, 2.05) is 42.5 Å². The largest absolute Gasteiger partial charge is 0.481 e. The van der Waals surface area contributed by atoms with Crippen molar-refractivity contribution in [3.63, 3.8) is 0 Å². The Morgan fingerprint density at radius 3 is 2.71 bits per heavy atom. The van der Waals surface area contributed by atoms with Crippen LogP contribution in [-0.4, -0.2) is 11.1 Å². The van der Waals surface area contributed by atoms with Gasteiger partial charge in [-0.25, -0.2) is 0 Å². The standard InChI is InChI=1S/C21H18O3/c22-21(23)16-9-8-14-10-11-18(13-17(14)12-16)24-20-7-3-5-15-4-1-2-6-19(15)20/h1-7,10-11,13,16H,8-9,12H2,(H,22,23). The van der Waals surface area contributed by atoms with Gasteiger partial charge in [-0.1, -0.05) is 42.5 Å². The van der Waals surface area contributed by atoms with Crippen molar-refractivity contribution >= 4 is 16.7 Å². The summed E-state index contributed by atoms with van der Waals surface area (Å²) in [7, 11) is 0. The van der Waals surface area contributed by atoms with Crippen LogP contribution < -0.4 is 4.74 Å². The van der Waals surface area contributed by atoms with Crippen molar-refractivity contribution in [2.45, 2.75) is 19.3 Å². The van der Waals surface area contributed by atoms with Crippen LogP contribution in [0.4, 0.5) is 0 Å². The minimum absolute atomic E-state index is 0.287. The molecule has 1 unspecified atom stereocenters. The topological polar surface area (TPSA) is 46.5 Å². The molecule has 0 aromatic heterocycles. The van der Waals surface area contributed by atoms with E-state index in [9.17, 15) is 9.90 Å². The van der Waals surface area contributed by atoms with Crippen LogP contribution in [0.3, 0.4) is 0 Å². The number of carboxylic acid groups (broad SMARTS) is 1. The van der Waals surface area contributed by atoms with Crippen LogP contribution in [0.1, 0.15) is 17.5 Å². The molecule has 0 bridgehead atoms. The number of carboxylic acids is 1. The van der Waals surface area contributed by atoms with Gasteiger partial charge in [0.25, 0.3) is 0 Å². The van der Waals surface area contributed by atoms with Gasteiger partial charge in [0, 0.05) is 5.39 Å². The number of hydrogen-bond acceptors (Lipinski definition) is 2. The highest BCUT2D eigenvalue weighted by atomic mass is 16.5. The highest BCUT2D eigenvalue weighted by Gasteiger charge is 2.24. The lowest BCUT2D eigenvalue weighted by Crippen LogP contribution is -2.22. The number of aliphatic carboxylic acids is 1. The molecule has 0 fully saturated rings. The fraction of sp³-hybridized carbons (Fsp3) is 0.190. The zero-order chi connectivity index (χ0) is 16.5. The van der Waals surface area contributed by atoms with E-state index in [1.54, 1.807) is 0 Å². The monoisotopic (exact) mass is 318 g/mol. The molecule has 0 amide bonds. The molecule has 1 aliphatic carbocycles. The number of fused-ring (bicyclic) bond motifs is 2. The summed E-state index contributed by atoms with van der Waals surface area (Å²) in [6.07, 6.45) is 2.12. The third-order valence-corrected chi connectivity index (χ3v) is 4.73. The highest BCUT2D eigenvalue weighted by molar-refractivity contribution is 5.88. The van der Waals surface area contributed by atoms with Crippen molar-refractivity contribution in [1.29, 1.82) is 0 Å². The van der Waals surface area contributed by atoms with Crippen LogP contribution in [0.25, 0.3) is 10.8 Å². The third-order valence-electron chi connectivity index (χ3n) is 4.73. The van der Waals surface area contributed by atoms with Gasteiger partial charge in [-0.05, 0) is 54.0 Å². The van der Waals surface area contributed by atoms with Crippen LogP contribution in [0.5, 0.6) is 11.5 Å². The first-order valence-electron chi connectivity index (χ1n) is 8.21. The molecule has 1 N–H and O–H groups in total. The van der Waals surface area contributed by atoms with Crippen molar-refractivity contribution in [2.24, 2.45) is 5.92 Å². The lowest BCUT2D eigenvalue weighted by molar-refractivity contribution is -0.142. The predicted octanol–water partition coefficient (Wildman–Crippen LogP) is 4.82. The molecule has 4 rings (SSSR count). The maximum atomic E-state index is 11.3. The summed E-state index contributed by atoms with van der Waals surface area (Å²) >= 11 is 0. The normalized spacial score (nSPS) is 16.6. The van der Waals surface area contributed by atoms with Crippen LogP contribution in [0.2, 0.25) is 0 Å². The average molecular weight is 318 g/mol. The van der Waals surface area contributed by atoms with E-state index in [4.69, 9.17) is 4.74 Å². The van der Waals surface area contributed by atoms with Gasteiger partial charge < -0.3 is 9.84 Å². The van der Waals surface area contributed by atoms with E-state index in [1.165, 1.54) is 5.56 Å². The summed E-state index contributed by atoms with van der Waals surface area (Å²) in [6.45, 7) is 0. The summed E-state index contributed by atoms with van der Waals surface area (Å²) in [5.74, 6) is 0.584. The van der Waals surface area contributed by atoms with Crippen LogP contribution in [0, 0.1) is 5.92 Å². The van der Waals surface area contributed by atoms with Gasteiger partial charge in [0.2, 0.25) is 0 Å². The van der Waals surface area contributed by atoms with Gasteiger partial charge in [0.15, 0.2) is 0 Å². The van der Waals surface area contributed by atoms with Crippen molar-refractivity contribution < 1.29 is 14.6 Å². The molecule has 0 aliphatic heterocycles. The molecule has 3 aromatic rings. The Morgan fingerprint density at radius 2 is 1.83 bits per heavy atom. The van der Waals surface area contributed by atoms with E-state index < -0.39 is 5.97 Å². The molecule has 3 heteroatoms. The predicted molar refractivity (Wildman–Crippen MR) is 93.6 cm³/mol. The van der Waals surface area contributed by atoms with E-state index in [2.05, 4.69) is 18.2 Å². The van der Waals surface area contributed by atoms with Gasteiger partial charge in [0.05, 0.1) is 5.92 Å². The fourth-order valence-electron chi connectivity index (χ4n) is 3.42. The Bertz CT molecular complexity index is 909. The molecule has 3 nitrogen and oxygen atoms in total. The molecule has 0 spiro atoms. The van der Waals surface area contributed by atoms with Crippen molar-refractivity contribution in [3.05, 3.63) is 71.8 Å². The number of benzene rings is 3. The lowest BCUT2D eigenvalue weighted by atomic mass is 9.84. The summed E-state index contributed by atoms with van der Waals surface area (Å²) in [5.41, 5.74) is 2.32. The van der Waals surface area contributed by atoms with E-state index in [0.29, 0.717) is 12.8 Å². The number of aryl methyl sites for hydroxylation is 1. The molecule has 1 atom stereocenters.